The number of benzene rings is 1. The Labute approximate surface area is 124 Å². The zero-order valence-corrected chi connectivity index (χ0v) is 11.4. The molecular weight excluding hydrogens is 292 g/mol. The van der Waals surface area contributed by atoms with Crippen LogP contribution in [0.5, 0.6) is 0 Å². The maximum atomic E-state index is 11.3. The lowest BCUT2D eigenvalue weighted by Crippen LogP contribution is -2.03. The number of anilines is 3. The van der Waals surface area contributed by atoms with Crippen molar-refractivity contribution in [3.63, 3.8) is 0 Å². The summed E-state index contributed by atoms with van der Waals surface area (Å²) in [4.78, 5) is 19.6. The summed E-state index contributed by atoms with van der Waals surface area (Å²) in [6, 6.07) is 5.61. The summed E-state index contributed by atoms with van der Waals surface area (Å²) in [5, 5.41) is 10.4. The molecule has 104 valence electrons. The highest BCUT2D eigenvalue weighted by molar-refractivity contribution is 6.32. The van der Waals surface area contributed by atoms with Gasteiger partial charge in [-0.3, -0.25) is 4.79 Å². The van der Waals surface area contributed by atoms with E-state index < -0.39 is 0 Å². The minimum atomic E-state index is 0.00543. The Morgan fingerprint density at radius 3 is 3.14 bits per heavy atom. The lowest BCUT2D eigenvalue weighted by molar-refractivity contribution is -0.115. The highest BCUT2D eigenvalue weighted by atomic mass is 35.5. The van der Waals surface area contributed by atoms with Crippen LogP contribution in [-0.2, 0) is 11.2 Å². The van der Waals surface area contributed by atoms with Gasteiger partial charge in [0.05, 0.1) is 6.42 Å². The van der Waals surface area contributed by atoms with Gasteiger partial charge in [0, 0.05) is 23.8 Å². The summed E-state index contributed by atoms with van der Waals surface area (Å²) in [7, 11) is 0. The fraction of sp³-hybridized carbons (Fsp3) is 0.0769. The normalized spacial score (nSPS) is 13.3. The molecule has 0 spiro atoms. The number of rotatable bonds is 2. The first-order valence-electron chi connectivity index (χ1n) is 6.26. The number of halogens is 1. The highest BCUT2D eigenvalue weighted by Crippen LogP contribution is 2.27. The fourth-order valence-electron chi connectivity index (χ4n) is 2.28. The van der Waals surface area contributed by atoms with E-state index in [1.54, 1.807) is 16.9 Å². The molecule has 3 aromatic rings. The lowest BCUT2D eigenvalue weighted by Gasteiger charge is -2.04. The van der Waals surface area contributed by atoms with E-state index in [0.717, 1.165) is 16.9 Å². The molecule has 2 aromatic heterocycles. The maximum Gasteiger partial charge on any atom is 0.247 e. The number of carbonyl (C=O) groups excluding carboxylic acids is 1. The van der Waals surface area contributed by atoms with Gasteiger partial charge in [-0.15, -0.1) is 5.10 Å². The molecule has 0 aliphatic carbocycles. The second kappa shape index (κ2) is 4.42. The van der Waals surface area contributed by atoms with Crippen molar-refractivity contribution in [3.8, 4) is 0 Å². The van der Waals surface area contributed by atoms with E-state index in [9.17, 15) is 4.79 Å². The Balaban J connectivity index is 1.67. The van der Waals surface area contributed by atoms with E-state index in [-0.39, 0.29) is 5.91 Å². The molecule has 4 rings (SSSR count). The molecule has 8 heteroatoms. The summed E-state index contributed by atoms with van der Waals surface area (Å²) in [6.07, 6.45) is 3.62. The van der Waals surface area contributed by atoms with Gasteiger partial charge in [-0.1, -0.05) is 11.6 Å². The monoisotopic (exact) mass is 300 g/mol. The van der Waals surface area contributed by atoms with Gasteiger partial charge in [-0.05, 0) is 23.8 Å². The smallest absolute Gasteiger partial charge is 0.247 e. The molecule has 3 heterocycles. The van der Waals surface area contributed by atoms with Crippen LogP contribution in [0, 0.1) is 0 Å². The summed E-state index contributed by atoms with van der Waals surface area (Å²) in [6.45, 7) is 0. The summed E-state index contributed by atoms with van der Waals surface area (Å²) >= 11 is 5.96. The van der Waals surface area contributed by atoms with Gasteiger partial charge in [0.25, 0.3) is 0 Å². The van der Waals surface area contributed by atoms with Crippen molar-refractivity contribution in [1.82, 2.24) is 19.6 Å². The van der Waals surface area contributed by atoms with Gasteiger partial charge in [-0.2, -0.15) is 4.98 Å². The molecule has 1 aromatic carbocycles. The molecule has 0 fully saturated rings. The van der Waals surface area contributed by atoms with Crippen LogP contribution in [0.1, 0.15) is 5.56 Å². The molecule has 21 heavy (non-hydrogen) atoms. The van der Waals surface area contributed by atoms with Crippen LogP contribution >= 0.6 is 11.6 Å². The Hall–Kier alpha value is -2.67. The molecule has 0 bridgehead atoms. The molecule has 0 radical (unpaired) electrons. The van der Waals surface area contributed by atoms with E-state index in [1.807, 2.05) is 18.2 Å². The summed E-state index contributed by atoms with van der Waals surface area (Å²) < 4.78 is 1.55. The fourth-order valence-corrected chi connectivity index (χ4v) is 2.46. The topological polar surface area (TPSA) is 84.2 Å². The zero-order chi connectivity index (χ0) is 14.4. The number of fused-ring (bicyclic) bond motifs is 2. The number of amides is 1. The van der Waals surface area contributed by atoms with Crippen LogP contribution in [0.3, 0.4) is 0 Å². The maximum absolute atomic E-state index is 11.3. The SMILES string of the molecule is O=C1Cc2cc(Nc3nc4c(Cl)nccn4n3)ccc2N1. The standard InChI is InChI=1S/C13H9ClN6O/c14-11-12-18-13(19-20(12)4-3-15-11)16-8-1-2-9-7(5-8)6-10(21)17-9/h1-5H,6H2,(H,16,19)(H,17,21). The molecule has 7 nitrogen and oxygen atoms in total. The van der Waals surface area contributed by atoms with E-state index in [0.29, 0.717) is 23.2 Å². The third-order valence-corrected chi connectivity index (χ3v) is 3.46. The second-order valence-electron chi connectivity index (χ2n) is 4.64. The van der Waals surface area contributed by atoms with E-state index >= 15 is 0 Å². The quantitative estimate of drug-likeness (QED) is 0.756. The Morgan fingerprint density at radius 2 is 2.29 bits per heavy atom. The van der Waals surface area contributed by atoms with Gasteiger partial charge in [0.1, 0.15) is 0 Å². The van der Waals surface area contributed by atoms with Crippen LogP contribution in [-0.4, -0.2) is 25.5 Å². The molecule has 0 atom stereocenters. The first kappa shape index (κ1) is 12.1. The van der Waals surface area contributed by atoms with Crippen molar-refractivity contribution in [1.29, 1.82) is 0 Å². The number of hydrogen-bond acceptors (Lipinski definition) is 5. The first-order chi connectivity index (χ1) is 10.2. The lowest BCUT2D eigenvalue weighted by atomic mass is 10.1. The molecule has 1 amide bonds. The van der Waals surface area contributed by atoms with Crippen molar-refractivity contribution < 1.29 is 4.79 Å². The minimum absolute atomic E-state index is 0.00543. The van der Waals surface area contributed by atoms with Gasteiger partial charge < -0.3 is 10.6 Å². The van der Waals surface area contributed by atoms with Crippen molar-refractivity contribution >= 4 is 40.5 Å². The highest BCUT2D eigenvalue weighted by Gasteiger charge is 2.17. The number of nitrogens with one attached hydrogen (secondary N) is 2. The number of nitrogens with zero attached hydrogens (tertiary/aromatic N) is 4. The molecule has 0 saturated heterocycles. The van der Waals surface area contributed by atoms with Gasteiger partial charge in [0.15, 0.2) is 10.8 Å². The molecule has 1 aliphatic rings. The van der Waals surface area contributed by atoms with E-state index in [2.05, 4.69) is 25.7 Å². The van der Waals surface area contributed by atoms with Crippen LogP contribution in [0.15, 0.2) is 30.6 Å². The minimum Gasteiger partial charge on any atom is -0.326 e. The average molecular weight is 301 g/mol. The van der Waals surface area contributed by atoms with Gasteiger partial charge >= 0.3 is 0 Å². The van der Waals surface area contributed by atoms with Crippen LogP contribution < -0.4 is 10.6 Å². The largest absolute Gasteiger partial charge is 0.326 e. The Kier molecular flexibility index (Phi) is 2.55. The van der Waals surface area contributed by atoms with Crippen molar-refractivity contribution in [2.75, 3.05) is 10.6 Å². The third-order valence-electron chi connectivity index (χ3n) is 3.20. The molecule has 2 N–H and O–H groups in total. The molecular formula is C13H9ClN6O. The molecule has 0 unspecified atom stereocenters. The first-order valence-corrected chi connectivity index (χ1v) is 6.63. The molecule has 1 aliphatic heterocycles. The Morgan fingerprint density at radius 1 is 1.38 bits per heavy atom. The predicted molar refractivity (Wildman–Crippen MR) is 77.9 cm³/mol. The average Bonchev–Trinajstić information content (AvgIpc) is 3.01. The number of carbonyl (C=O) groups is 1. The van der Waals surface area contributed by atoms with Crippen LogP contribution in [0.2, 0.25) is 5.15 Å². The van der Waals surface area contributed by atoms with E-state index in [4.69, 9.17) is 11.6 Å². The van der Waals surface area contributed by atoms with Gasteiger partial charge in [0.2, 0.25) is 11.9 Å². The van der Waals surface area contributed by atoms with Crippen molar-refractivity contribution in [3.05, 3.63) is 41.3 Å². The predicted octanol–water partition coefficient (Wildman–Crippen LogP) is 2.02. The Bertz CT molecular complexity index is 874. The van der Waals surface area contributed by atoms with E-state index in [1.165, 1.54) is 0 Å². The van der Waals surface area contributed by atoms with Crippen LogP contribution in [0.25, 0.3) is 5.65 Å². The van der Waals surface area contributed by atoms with Crippen molar-refractivity contribution in [2.24, 2.45) is 0 Å². The zero-order valence-electron chi connectivity index (χ0n) is 10.7. The number of hydrogen-bond donors (Lipinski definition) is 2. The number of aromatic nitrogens is 4. The van der Waals surface area contributed by atoms with Crippen LogP contribution in [0.4, 0.5) is 17.3 Å². The van der Waals surface area contributed by atoms with Crippen molar-refractivity contribution in [2.45, 2.75) is 6.42 Å². The van der Waals surface area contributed by atoms with Gasteiger partial charge in [-0.25, -0.2) is 9.50 Å². The summed E-state index contributed by atoms with van der Waals surface area (Å²) in [5.74, 6) is 0.424. The third kappa shape index (κ3) is 2.07. The second-order valence-corrected chi connectivity index (χ2v) is 5.00. The molecule has 0 saturated carbocycles. The summed E-state index contributed by atoms with van der Waals surface area (Å²) in [5.41, 5.74) is 3.10.